The Morgan fingerprint density at radius 2 is 2.28 bits per heavy atom. The molecule has 1 amide bonds. The van der Waals surface area contributed by atoms with Crippen LogP contribution in [0.2, 0.25) is 0 Å². The minimum absolute atomic E-state index is 0.0217. The van der Waals surface area contributed by atoms with Crippen LogP contribution in [0.15, 0.2) is 18.3 Å². The number of anilines is 1. The zero-order valence-corrected chi connectivity index (χ0v) is 10.8. The zero-order chi connectivity index (χ0) is 13.2. The van der Waals surface area contributed by atoms with Crippen molar-refractivity contribution in [2.24, 2.45) is 0 Å². The van der Waals surface area contributed by atoms with Gasteiger partial charge in [0, 0.05) is 19.3 Å². The van der Waals surface area contributed by atoms with Crippen molar-refractivity contribution in [2.75, 3.05) is 23.9 Å². The summed E-state index contributed by atoms with van der Waals surface area (Å²) in [6.07, 6.45) is 2.06. The van der Waals surface area contributed by atoms with E-state index in [0.29, 0.717) is 17.8 Å². The molecule has 0 saturated carbocycles. The second-order valence-electron chi connectivity index (χ2n) is 4.22. The summed E-state index contributed by atoms with van der Waals surface area (Å²) in [6.45, 7) is 0. The third kappa shape index (κ3) is 2.79. The van der Waals surface area contributed by atoms with Crippen LogP contribution in [0, 0.1) is 0 Å². The van der Waals surface area contributed by atoms with Crippen LogP contribution < -0.4 is 10.6 Å². The Labute approximate surface area is 106 Å². The second kappa shape index (κ2) is 4.93. The summed E-state index contributed by atoms with van der Waals surface area (Å²) in [7, 11) is -1.31. The minimum atomic E-state index is -2.98. The Hall–Kier alpha value is -1.63. The van der Waals surface area contributed by atoms with Crippen molar-refractivity contribution in [1.29, 1.82) is 0 Å². The minimum Gasteiger partial charge on any atom is -0.372 e. The molecule has 1 saturated heterocycles. The molecule has 7 heteroatoms. The number of amides is 1. The van der Waals surface area contributed by atoms with E-state index in [-0.39, 0.29) is 23.5 Å². The molecular formula is C11H15N3O3S. The molecule has 1 aliphatic heterocycles. The van der Waals surface area contributed by atoms with Crippen LogP contribution in [0.5, 0.6) is 0 Å². The van der Waals surface area contributed by atoms with Gasteiger partial charge in [-0.25, -0.2) is 13.4 Å². The van der Waals surface area contributed by atoms with E-state index >= 15 is 0 Å². The van der Waals surface area contributed by atoms with Gasteiger partial charge in [-0.3, -0.25) is 4.79 Å². The highest BCUT2D eigenvalue weighted by atomic mass is 32.2. The molecule has 1 atom stereocenters. The lowest BCUT2D eigenvalue weighted by Crippen LogP contribution is -2.36. The Kier molecular flexibility index (Phi) is 3.51. The summed E-state index contributed by atoms with van der Waals surface area (Å²) in [5.41, 5.74) is 0.421. The first-order valence-electron chi connectivity index (χ1n) is 5.66. The predicted molar refractivity (Wildman–Crippen MR) is 68.3 cm³/mol. The summed E-state index contributed by atoms with van der Waals surface area (Å²) in [6, 6.07) is 3.02. The van der Waals surface area contributed by atoms with E-state index < -0.39 is 9.84 Å². The smallest absolute Gasteiger partial charge is 0.255 e. The van der Waals surface area contributed by atoms with Crippen molar-refractivity contribution in [1.82, 2.24) is 10.3 Å². The fraction of sp³-hybridized carbons (Fsp3) is 0.455. The molecule has 18 heavy (non-hydrogen) atoms. The standard InChI is InChI=1S/C11H15N3O3S/c1-12-10-9(3-2-5-13-10)11(15)14-8-4-6-18(16,17)7-8/h2-3,5,8H,4,6-7H2,1H3,(H,12,13)(H,14,15). The van der Waals surface area contributed by atoms with Crippen molar-refractivity contribution < 1.29 is 13.2 Å². The molecule has 6 nitrogen and oxygen atoms in total. The summed E-state index contributed by atoms with van der Waals surface area (Å²) in [5.74, 6) is 0.350. The van der Waals surface area contributed by atoms with E-state index in [0.717, 1.165) is 0 Å². The predicted octanol–water partition coefficient (Wildman–Crippen LogP) is 0.0402. The lowest BCUT2D eigenvalue weighted by Gasteiger charge is -2.12. The second-order valence-corrected chi connectivity index (χ2v) is 6.45. The van der Waals surface area contributed by atoms with Gasteiger partial charge in [-0.1, -0.05) is 0 Å². The molecule has 1 fully saturated rings. The van der Waals surface area contributed by atoms with Crippen molar-refractivity contribution >= 4 is 21.6 Å². The van der Waals surface area contributed by atoms with Gasteiger partial charge in [0.05, 0.1) is 17.1 Å². The molecule has 1 unspecified atom stereocenters. The molecule has 1 aliphatic rings. The van der Waals surface area contributed by atoms with Gasteiger partial charge in [0.25, 0.3) is 5.91 Å². The molecule has 0 radical (unpaired) electrons. The summed E-state index contributed by atoms with van der Waals surface area (Å²) in [4.78, 5) is 16.0. The van der Waals surface area contributed by atoms with Gasteiger partial charge in [0.15, 0.2) is 9.84 Å². The number of aromatic nitrogens is 1. The van der Waals surface area contributed by atoms with Gasteiger partial charge in [-0.2, -0.15) is 0 Å². The van der Waals surface area contributed by atoms with Crippen LogP contribution in [-0.4, -0.2) is 43.9 Å². The van der Waals surface area contributed by atoms with Gasteiger partial charge in [-0.05, 0) is 18.6 Å². The van der Waals surface area contributed by atoms with Crippen molar-refractivity contribution in [3.63, 3.8) is 0 Å². The first-order chi connectivity index (χ1) is 8.52. The molecule has 2 N–H and O–H groups in total. The van der Waals surface area contributed by atoms with E-state index in [1.54, 1.807) is 25.4 Å². The fourth-order valence-electron chi connectivity index (χ4n) is 1.96. The monoisotopic (exact) mass is 269 g/mol. The lowest BCUT2D eigenvalue weighted by atomic mass is 10.2. The van der Waals surface area contributed by atoms with Gasteiger partial charge < -0.3 is 10.6 Å². The van der Waals surface area contributed by atoms with E-state index in [4.69, 9.17) is 0 Å². The average molecular weight is 269 g/mol. The molecule has 2 heterocycles. The number of hydrogen-bond acceptors (Lipinski definition) is 5. The maximum absolute atomic E-state index is 12.0. The number of pyridine rings is 1. The number of carbonyl (C=O) groups excluding carboxylic acids is 1. The highest BCUT2D eigenvalue weighted by Crippen LogP contribution is 2.14. The number of sulfone groups is 1. The van der Waals surface area contributed by atoms with Crippen LogP contribution in [-0.2, 0) is 9.84 Å². The van der Waals surface area contributed by atoms with Crippen LogP contribution in [0.4, 0.5) is 5.82 Å². The first-order valence-corrected chi connectivity index (χ1v) is 7.48. The van der Waals surface area contributed by atoms with E-state index in [1.165, 1.54) is 0 Å². The third-order valence-corrected chi connectivity index (χ3v) is 4.62. The molecule has 2 rings (SSSR count). The number of carbonyl (C=O) groups is 1. The maximum Gasteiger partial charge on any atom is 0.255 e. The number of rotatable bonds is 3. The topological polar surface area (TPSA) is 88.2 Å². The van der Waals surface area contributed by atoms with Gasteiger partial charge in [0.2, 0.25) is 0 Å². The summed E-state index contributed by atoms with van der Waals surface area (Å²) < 4.78 is 22.6. The van der Waals surface area contributed by atoms with Gasteiger partial charge in [0.1, 0.15) is 5.82 Å². The molecule has 98 valence electrons. The fourth-order valence-corrected chi connectivity index (χ4v) is 3.63. The van der Waals surface area contributed by atoms with Crippen molar-refractivity contribution in [3.05, 3.63) is 23.9 Å². The molecule has 1 aromatic rings. The Morgan fingerprint density at radius 3 is 2.89 bits per heavy atom. The number of nitrogens with one attached hydrogen (secondary N) is 2. The van der Waals surface area contributed by atoms with E-state index in [1.807, 2.05) is 0 Å². The van der Waals surface area contributed by atoms with E-state index in [2.05, 4.69) is 15.6 Å². The highest BCUT2D eigenvalue weighted by Gasteiger charge is 2.29. The quantitative estimate of drug-likeness (QED) is 0.809. The number of hydrogen-bond donors (Lipinski definition) is 2. The van der Waals surface area contributed by atoms with Crippen molar-refractivity contribution in [2.45, 2.75) is 12.5 Å². The van der Waals surface area contributed by atoms with Crippen LogP contribution in [0.25, 0.3) is 0 Å². The normalized spacial score (nSPS) is 21.5. The van der Waals surface area contributed by atoms with Crippen LogP contribution >= 0.6 is 0 Å². The lowest BCUT2D eigenvalue weighted by molar-refractivity contribution is 0.0941. The third-order valence-electron chi connectivity index (χ3n) is 2.86. The van der Waals surface area contributed by atoms with Crippen LogP contribution in [0.1, 0.15) is 16.8 Å². The highest BCUT2D eigenvalue weighted by molar-refractivity contribution is 7.91. The largest absolute Gasteiger partial charge is 0.372 e. The zero-order valence-electron chi connectivity index (χ0n) is 10.0. The van der Waals surface area contributed by atoms with Crippen LogP contribution in [0.3, 0.4) is 0 Å². The maximum atomic E-state index is 12.0. The van der Waals surface area contributed by atoms with Gasteiger partial charge >= 0.3 is 0 Å². The molecular weight excluding hydrogens is 254 g/mol. The summed E-state index contributed by atoms with van der Waals surface area (Å²) in [5, 5.41) is 5.55. The molecule has 0 aromatic carbocycles. The molecule has 0 aliphatic carbocycles. The Bertz CT molecular complexity index is 556. The first kappa shape index (κ1) is 12.8. The van der Waals surface area contributed by atoms with E-state index in [9.17, 15) is 13.2 Å². The van der Waals surface area contributed by atoms with Crippen molar-refractivity contribution in [3.8, 4) is 0 Å². The molecule has 0 spiro atoms. The molecule has 1 aromatic heterocycles. The Morgan fingerprint density at radius 1 is 1.50 bits per heavy atom. The SMILES string of the molecule is CNc1ncccc1C(=O)NC1CCS(=O)(=O)C1. The Balaban J connectivity index is 2.09. The van der Waals surface area contributed by atoms with Gasteiger partial charge in [-0.15, -0.1) is 0 Å². The molecule has 0 bridgehead atoms. The number of nitrogens with zero attached hydrogens (tertiary/aromatic N) is 1. The summed E-state index contributed by atoms with van der Waals surface area (Å²) >= 11 is 0. The average Bonchev–Trinajstić information content (AvgIpc) is 2.68.